The van der Waals surface area contributed by atoms with Gasteiger partial charge in [-0.05, 0) is 18.6 Å². The average molecular weight is 296 g/mol. The topological polar surface area (TPSA) is 109 Å². The van der Waals surface area contributed by atoms with Gasteiger partial charge in [-0.15, -0.1) is 0 Å². The fourth-order valence-corrected chi connectivity index (χ4v) is 2.37. The molecule has 0 spiro atoms. The number of hydrogen-bond donors (Lipinski definition) is 2. The Morgan fingerprint density at radius 2 is 2.20 bits per heavy atom. The van der Waals surface area contributed by atoms with Crippen LogP contribution in [0.5, 0.6) is 0 Å². The number of pyridine rings is 1. The summed E-state index contributed by atoms with van der Waals surface area (Å²) in [5.74, 6) is -0.558. The zero-order valence-electron chi connectivity index (χ0n) is 11.3. The van der Waals surface area contributed by atoms with E-state index in [4.69, 9.17) is 5.14 Å². The first-order chi connectivity index (χ1) is 9.28. The number of primary sulfonamides is 1. The molecule has 2 rings (SSSR count). The van der Waals surface area contributed by atoms with Crippen molar-refractivity contribution in [1.82, 2.24) is 14.9 Å². The summed E-state index contributed by atoms with van der Waals surface area (Å²) in [6.45, 7) is 1.96. The molecule has 20 heavy (non-hydrogen) atoms. The summed E-state index contributed by atoms with van der Waals surface area (Å²) < 4.78 is 21.8. The second kappa shape index (κ2) is 5.22. The molecule has 0 unspecified atom stereocenters. The Hall–Kier alpha value is -1.93. The zero-order chi connectivity index (χ0) is 14.9. The van der Waals surface area contributed by atoms with Crippen molar-refractivity contribution >= 4 is 27.0 Å². The number of sulfonamides is 1. The Bertz CT molecular complexity index is 751. The van der Waals surface area contributed by atoms with Crippen LogP contribution in [0.15, 0.2) is 18.5 Å². The molecule has 0 radical (unpaired) electrons. The number of nitrogens with one attached hydrogen (secondary N) is 1. The number of carbonyl (C=O) groups is 1. The fourth-order valence-electron chi connectivity index (χ4n) is 1.84. The van der Waals surface area contributed by atoms with Crippen LogP contribution in [0.1, 0.15) is 15.9 Å². The van der Waals surface area contributed by atoms with Gasteiger partial charge in [-0.1, -0.05) is 0 Å². The Balaban J connectivity index is 2.20. The van der Waals surface area contributed by atoms with Crippen LogP contribution in [0.4, 0.5) is 0 Å². The SMILES string of the molecule is Cc1c[nH]c2ncc(C(=O)N(C)CCS(N)(=O)=O)cc12. The van der Waals surface area contributed by atoms with Crippen LogP contribution in [0.3, 0.4) is 0 Å². The lowest BCUT2D eigenvalue weighted by Crippen LogP contribution is -2.33. The largest absolute Gasteiger partial charge is 0.346 e. The Morgan fingerprint density at radius 3 is 2.85 bits per heavy atom. The Kier molecular flexibility index (Phi) is 3.78. The molecular formula is C12H16N4O3S. The van der Waals surface area contributed by atoms with Gasteiger partial charge in [-0.25, -0.2) is 18.5 Å². The predicted molar refractivity (Wildman–Crippen MR) is 75.8 cm³/mol. The molecule has 0 saturated carbocycles. The number of H-pyrrole nitrogens is 1. The van der Waals surface area contributed by atoms with Gasteiger partial charge >= 0.3 is 0 Å². The number of nitrogens with two attached hydrogens (primary N) is 1. The molecule has 1 amide bonds. The zero-order valence-corrected chi connectivity index (χ0v) is 12.1. The van der Waals surface area contributed by atoms with E-state index in [0.29, 0.717) is 11.2 Å². The number of aromatic amines is 1. The van der Waals surface area contributed by atoms with Gasteiger partial charge < -0.3 is 9.88 Å². The summed E-state index contributed by atoms with van der Waals surface area (Å²) >= 11 is 0. The normalized spacial score (nSPS) is 11.8. The first-order valence-electron chi connectivity index (χ1n) is 5.97. The molecule has 2 heterocycles. The molecule has 8 heteroatoms. The third-order valence-corrected chi connectivity index (χ3v) is 3.79. The van der Waals surface area contributed by atoms with E-state index >= 15 is 0 Å². The average Bonchev–Trinajstić information content (AvgIpc) is 2.75. The molecule has 0 bridgehead atoms. The number of rotatable bonds is 4. The van der Waals surface area contributed by atoms with E-state index in [9.17, 15) is 13.2 Å². The second-order valence-electron chi connectivity index (χ2n) is 4.69. The van der Waals surface area contributed by atoms with E-state index in [1.165, 1.54) is 18.1 Å². The number of hydrogen-bond acceptors (Lipinski definition) is 4. The van der Waals surface area contributed by atoms with Crippen LogP contribution in [-0.2, 0) is 10.0 Å². The molecule has 108 valence electrons. The van der Waals surface area contributed by atoms with E-state index in [-0.39, 0.29) is 18.2 Å². The van der Waals surface area contributed by atoms with Crippen LogP contribution in [0.25, 0.3) is 11.0 Å². The van der Waals surface area contributed by atoms with E-state index < -0.39 is 10.0 Å². The van der Waals surface area contributed by atoms with Gasteiger partial charge in [0.25, 0.3) is 5.91 Å². The molecule has 7 nitrogen and oxygen atoms in total. The van der Waals surface area contributed by atoms with Crippen molar-refractivity contribution in [2.24, 2.45) is 5.14 Å². The van der Waals surface area contributed by atoms with Gasteiger partial charge in [0.05, 0.1) is 11.3 Å². The Labute approximate surface area is 116 Å². The maximum absolute atomic E-state index is 12.2. The van der Waals surface area contributed by atoms with E-state index in [0.717, 1.165) is 10.9 Å². The molecule has 0 saturated heterocycles. The number of carbonyl (C=O) groups excluding carboxylic acids is 1. The molecule has 2 aromatic rings. The number of nitrogens with zero attached hydrogens (tertiary/aromatic N) is 2. The molecule has 0 atom stereocenters. The summed E-state index contributed by atoms with van der Waals surface area (Å²) in [7, 11) is -2.05. The van der Waals surface area contributed by atoms with Crippen LogP contribution >= 0.6 is 0 Å². The Morgan fingerprint density at radius 1 is 1.50 bits per heavy atom. The molecule has 0 fully saturated rings. The third kappa shape index (κ3) is 3.14. The minimum atomic E-state index is -3.58. The lowest BCUT2D eigenvalue weighted by Gasteiger charge is -2.16. The van der Waals surface area contributed by atoms with Gasteiger partial charge in [0.2, 0.25) is 10.0 Å². The lowest BCUT2D eigenvalue weighted by molar-refractivity contribution is 0.0803. The molecule has 3 N–H and O–H groups in total. The molecule has 0 aliphatic rings. The smallest absolute Gasteiger partial charge is 0.255 e. The highest BCUT2D eigenvalue weighted by atomic mass is 32.2. The van der Waals surface area contributed by atoms with Crippen molar-refractivity contribution in [2.45, 2.75) is 6.92 Å². The third-order valence-electron chi connectivity index (χ3n) is 3.04. The summed E-state index contributed by atoms with van der Waals surface area (Å²) in [4.78, 5) is 20.7. The van der Waals surface area contributed by atoms with Crippen LogP contribution in [-0.4, -0.2) is 48.5 Å². The van der Waals surface area contributed by atoms with E-state index in [1.807, 2.05) is 13.1 Å². The van der Waals surface area contributed by atoms with E-state index in [1.54, 1.807) is 6.07 Å². The predicted octanol–water partition coefficient (Wildman–Crippen LogP) is 0.232. The standard InChI is InChI=1S/C12H16N4O3S/c1-8-6-14-11-10(8)5-9(7-15-11)12(17)16(2)3-4-20(13,18)19/h5-7H,3-4H2,1-2H3,(H,14,15)(H2,13,18,19). The molecular weight excluding hydrogens is 280 g/mol. The van der Waals surface area contributed by atoms with E-state index in [2.05, 4.69) is 9.97 Å². The molecule has 2 aromatic heterocycles. The minimum Gasteiger partial charge on any atom is -0.346 e. The summed E-state index contributed by atoms with van der Waals surface area (Å²) in [6.07, 6.45) is 3.28. The second-order valence-corrected chi connectivity index (χ2v) is 6.42. The van der Waals surface area contributed by atoms with Crippen LogP contribution in [0.2, 0.25) is 0 Å². The molecule has 0 aliphatic carbocycles. The van der Waals surface area contributed by atoms with Gasteiger partial charge in [-0.3, -0.25) is 4.79 Å². The van der Waals surface area contributed by atoms with Gasteiger partial charge in [0.15, 0.2) is 0 Å². The van der Waals surface area contributed by atoms with Gasteiger partial charge in [0, 0.05) is 31.4 Å². The monoisotopic (exact) mass is 296 g/mol. The highest BCUT2D eigenvalue weighted by Crippen LogP contribution is 2.17. The van der Waals surface area contributed by atoms with Crippen molar-refractivity contribution in [3.8, 4) is 0 Å². The fraction of sp³-hybridized carbons (Fsp3) is 0.333. The lowest BCUT2D eigenvalue weighted by atomic mass is 10.1. The maximum Gasteiger partial charge on any atom is 0.255 e. The highest BCUT2D eigenvalue weighted by molar-refractivity contribution is 7.89. The first-order valence-corrected chi connectivity index (χ1v) is 7.69. The number of amides is 1. The molecule has 0 aliphatic heterocycles. The van der Waals surface area contributed by atoms with Gasteiger partial charge in [-0.2, -0.15) is 0 Å². The van der Waals surface area contributed by atoms with Gasteiger partial charge in [0.1, 0.15) is 5.65 Å². The quantitative estimate of drug-likeness (QED) is 0.841. The van der Waals surface area contributed by atoms with Crippen molar-refractivity contribution in [1.29, 1.82) is 0 Å². The minimum absolute atomic E-state index is 0.0435. The van der Waals surface area contributed by atoms with Crippen LogP contribution < -0.4 is 5.14 Å². The molecule has 0 aromatic carbocycles. The summed E-state index contributed by atoms with van der Waals surface area (Å²) in [6, 6.07) is 1.74. The number of aromatic nitrogens is 2. The summed E-state index contributed by atoms with van der Waals surface area (Å²) in [5.41, 5.74) is 2.12. The van der Waals surface area contributed by atoms with Crippen molar-refractivity contribution in [3.05, 3.63) is 29.6 Å². The van der Waals surface area contributed by atoms with Crippen molar-refractivity contribution < 1.29 is 13.2 Å². The number of fused-ring (bicyclic) bond motifs is 1. The van der Waals surface area contributed by atoms with Crippen LogP contribution in [0, 0.1) is 6.92 Å². The van der Waals surface area contributed by atoms with Crippen molar-refractivity contribution in [3.63, 3.8) is 0 Å². The summed E-state index contributed by atoms with van der Waals surface area (Å²) in [5, 5.41) is 5.79. The first kappa shape index (κ1) is 14.5. The maximum atomic E-state index is 12.2. The van der Waals surface area contributed by atoms with Crippen molar-refractivity contribution in [2.75, 3.05) is 19.3 Å². The highest BCUT2D eigenvalue weighted by Gasteiger charge is 2.15. The number of aryl methyl sites for hydroxylation is 1.